The van der Waals surface area contributed by atoms with Gasteiger partial charge in [-0.15, -0.1) is 0 Å². The standard InChI is InChI=1S/C24H29Cl2N3O/c1-28(2)23(30)27-24(19-6-4-3-5-7-19)10-12-29(13-11-24)16-18-14-20(18)17-8-9-21(25)22(26)15-17/h3-9,15,18,20H,10-14,16H2,1-2H3,(H,27,30)/t18-,20+/m0/s1. The van der Waals surface area contributed by atoms with Crippen molar-refractivity contribution in [2.75, 3.05) is 33.7 Å². The van der Waals surface area contributed by atoms with Gasteiger partial charge in [-0.05, 0) is 54.4 Å². The predicted octanol–water partition coefficient (Wildman–Crippen LogP) is 5.36. The van der Waals surface area contributed by atoms with Gasteiger partial charge in [0.1, 0.15) is 0 Å². The number of benzene rings is 2. The average molecular weight is 446 g/mol. The molecule has 2 amide bonds. The molecule has 0 radical (unpaired) electrons. The van der Waals surface area contributed by atoms with E-state index in [1.165, 1.54) is 17.5 Å². The van der Waals surface area contributed by atoms with Gasteiger partial charge in [0.2, 0.25) is 0 Å². The Morgan fingerprint density at radius 1 is 1.10 bits per heavy atom. The lowest BCUT2D eigenvalue weighted by atomic mass is 9.80. The second-order valence-electron chi connectivity index (χ2n) is 8.85. The fourth-order valence-corrected chi connectivity index (χ4v) is 4.92. The lowest BCUT2D eigenvalue weighted by Crippen LogP contribution is -2.55. The first-order valence-electron chi connectivity index (χ1n) is 10.6. The van der Waals surface area contributed by atoms with Gasteiger partial charge < -0.3 is 15.1 Å². The van der Waals surface area contributed by atoms with Gasteiger partial charge in [-0.25, -0.2) is 4.79 Å². The number of amides is 2. The third kappa shape index (κ3) is 4.61. The number of urea groups is 1. The number of hydrogen-bond acceptors (Lipinski definition) is 2. The molecule has 2 atom stereocenters. The van der Waals surface area contributed by atoms with Crippen LogP contribution in [0.15, 0.2) is 48.5 Å². The number of rotatable bonds is 5. The molecule has 2 aliphatic rings. The van der Waals surface area contributed by atoms with Crippen LogP contribution >= 0.6 is 23.2 Å². The number of piperidine rings is 1. The number of carbonyl (C=O) groups excluding carboxylic acids is 1. The molecule has 1 aliphatic carbocycles. The molecular formula is C24H29Cl2N3O. The van der Waals surface area contributed by atoms with E-state index in [4.69, 9.17) is 23.2 Å². The molecule has 4 nitrogen and oxygen atoms in total. The summed E-state index contributed by atoms with van der Waals surface area (Å²) in [6, 6.07) is 16.4. The van der Waals surface area contributed by atoms with Crippen LogP contribution in [-0.2, 0) is 5.54 Å². The molecule has 1 saturated carbocycles. The first-order valence-corrected chi connectivity index (χ1v) is 11.4. The van der Waals surface area contributed by atoms with Crippen LogP contribution in [0.3, 0.4) is 0 Å². The van der Waals surface area contributed by atoms with E-state index in [1.807, 2.05) is 18.2 Å². The normalized spacial score (nSPS) is 23.1. The molecule has 1 heterocycles. The molecule has 1 N–H and O–H groups in total. The van der Waals surface area contributed by atoms with Crippen molar-refractivity contribution < 1.29 is 4.79 Å². The maximum atomic E-state index is 12.5. The minimum Gasteiger partial charge on any atom is -0.331 e. The molecule has 6 heteroatoms. The second-order valence-corrected chi connectivity index (χ2v) is 9.66. The largest absolute Gasteiger partial charge is 0.331 e. The van der Waals surface area contributed by atoms with Crippen LogP contribution < -0.4 is 5.32 Å². The fourth-order valence-electron chi connectivity index (χ4n) is 4.61. The van der Waals surface area contributed by atoms with Gasteiger partial charge in [-0.1, -0.05) is 59.6 Å². The van der Waals surface area contributed by atoms with E-state index in [0.717, 1.165) is 32.5 Å². The molecule has 0 unspecified atom stereocenters. The molecule has 0 spiro atoms. The smallest absolute Gasteiger partial charge is 0.317 e. The first-order chi connectivity index (χ1) is 14.4. The lowest BCUT2D eigenvalue weighted by molar-refractivity contribution is 0.126. The highest BCUT2D eigenvalue weighted by molar-refractivity contribution is 6.42. The van der Waals surface area contributed by atoms with Gasteiger partial charge in [0, 0.05) is 33.7 Å². The van der Waals surface area contributed by atoms with Crippen LogP contribution in [0.5, 0.6) is 0 Å². The zero-order valence-electron chi connectivity index (χ0n) is 17.6. The topological polar surface area (TPSA) is 35.6 Å². The van der Waals surface area contributed by atoms with E-state index < -0.39 is 0 Å². The van der Waals surface area contributed by atoms with Gasteiger partial charge in [0.05, 0.1) is 15.6 Å². The molecular weight excluding hydrogens is 417 g/mol. The summed E-state index contributed by atoms with van der Waals surface area (Å²) in [6.45, 7) is 3.05. The highest BCUT2D eigenvalue weighted by atomic mass is 35.5. The van der Waals surface area contributed by atoms with Gasteiger partial charge >= 0.3 is 6.03 Å². The minimum atomic E-state index is -0.300. The molecule has 2 aromatic carbocycles. The summed E-state index contributed by atoms with van der Waals surface area (Å²) < 4.78 is 0. The van der Waals surface area contributed by atoms with E-state index in [1.54, 1.807) is 19.0 Å². The summed E-state index contributed by atoms with van der Waals surface area (Å²) in [6.07, 6.45) is 3.04. The number of nitrogens with zero attached hydrogens (tertiary/aromatic N) is 2. The summed E-state index contributed by atoms with van der Waals surface area (Å²) >= 11 is 12.3. The Kier molecular flexibility index (Phi) is 6.29. The maximum Gasteiger partial charge on any atom is 0.317 e. The molecule has 1 saturated heterocycles. The monoisotopic (exact) mass is 445 g/mol. The third-order valence-corrected chi connectivity index (χ3v) is 7.31. The zero-order chi connectivity index (χ0) is 21.3. The van der Waals surface area contributed by atoms with Crippen LogP contribution in [-0.4, -0.2) is 49.6 Å². The molecule has 30 heavy (non-hydrogen) atoms. The summed E-state index contributed by atoms with van der Waals surface area (Å²) in [5, 5.41) is 4.57. The first kappa shape index (κ1) is 21.5. The average Bonchev–Trinajstić information content (AvgIpc) is 3.51. The molecule has 0 aromatic heterocycles. The minimum absolute atomic E-state index is 0.0332. The summed E-state index contributed by atoms with van der Waals surface area (Å²) in [7, 11) is 3.58. The summed E-state index contributed by atoms with van der Waals surface area (Å²) in [5.74, 6) is 1.25. The van der Waals surface area contributed by atoms with Gasteiger partial charge in [0.25, 0.3) is 0 Å². The Morgan fingerprint density at radius 2 is 1.80 bits per heavy atom. The quantitative estimate of drug-likeness (QED) is 0.671. The van der Waals surface area contributed by atoms with Crippen LogP contribution in [0.1, 0.15) is 36.3 Å². The lowest BCUT2D eigenvalue weighted by Gasteiger charge is -2.43. The highest BCUT2D eigenvalue weighted by Gasteiger charge is 2.42. The van der Waals surface area contributed by atoms with E-state index in [-0.39, 0.29) is 11.6 Å². The number of likely N-dealkylation sites (tertiary alicyclic amines) is 1. The van der Waals surface area contributed by atoms with Gasteiger partial charge in [-0.3, -0.25) is 0 Å². The summed E-state index contributed by atoms with van der Waals surface area (Å²) in [5.41, 5.74) is 2.19. The number of halogens is 2. The molecule has 4 rings (SSSR count). The Hall–Kier alpha value is -1.75. The van der Waals surface area contributed by atoms with Crippen LogP contribution in [0.4, 0.5) is 4.79 Å². The van der Waals surface area contributed by atoms with E-state index in [9.17, 15) is 4.79 Å². The summed E-state index contributed by atoms with van der Waals surface area (Å²) in [4.78, 5) is 16.7. The van der Waals surface area contributed by atoms with Crippen molar-refractivity contribution in [2.24, 2.45) is 5.92 Å². The molecule has 0 bridgehead atoms. The molecule has 2 aromatic rings. The third-order valence-electron chi connectivity index (χ3n) is 6.58. The number of carbonyl (C=O) groups is 1. The maximum absolute atomic E-state index is 12.5. The second kappa shape index (κ2) is 8.78. The highest BCUT2D eigenvalue weighted by Crippen LogP contribution is 2.49. The van der Waals surface area contributed by atoms with Crippen molar-refractivity contribution in [3.63, 3.8) is 0 Å². The Bertz CT molecular complexity index is 895. The Balaban J connectivity index is 1.39. The fraction of sp³-hybridized carbons (Fsp3) is 0.458. The van der Waals surface area contributed by atoms with Crippen molar-refractivity contribution in [2.45, 2.75) is 30.7 Å². The van der Waals surface area contributed by atoms with E-state index in [2.05, 4.69) is 40.5 Å². The van der Waals surface area contributed by atoms with Crippen LogP contribution in [0.25, 0.3) is 0 Å². The Labute approximate surface area is 189 Å². The number of nitrogens with one attached hydrogen (secondary N) is 1. The Morgan fingerprint density at radius 3 is 2.43 bits per heavy atom. The van der Waals surface area contributed by atoms with Crippen molar-refractivity contribution in [1.82, 2.24) is 15.1 Å². The van der Waals surface area contributed by atoms with Crippen LogP contribution in [0.2, 0.25) is 10.0 Å². The van der Waals surface area contributed by atoms with Crippen molar-refractivity contribution in [3.8, 4) is 0 Å². The SMILES string of the molecule is CN(C)C(=O)NC1(c2ccccc2)CCN(C[C@@H]2C[C@@H]2c2ccc(Cl)c(Cl)c2)CC1. The molecule has 160 valence electrons. The zero-order valence-corrected chi connectivity index (χ0v) is 19.1. The molecule has 2 fully saturated rings. The van der Waals surface area contributed by atoms with Crippen LogP contribution in [0, 0.1) is 5.92 Å². The van der Waals surface area contributed by atoms with Crippen molar-refractivity contribution in [1.29, 1.82) is 0 Å². The van der Waals surface area contributed by atoms with Gasteiger partial charge in [0.15, 0.2) is 0 Å². The predicted molar refractivity (Wildman–Crippen MR) is 123 cm³/mol. The van der Waals surface area contributed by atoms with E-state index in [0.29, 0.717) is 21.9 Å². The molecule has 1 aliphatic heterocycles. The van der Waals surface area contributed by atoms with Crippen molar-refractivity contribution >= 4 is 29.2 Å². The number of hydrogen-bond donors (Lipinski definition) is 1. The van der Waals surface area contributed by atoms with Crippen molar-refractivity contribution in [3.05, 3.63) is 69.7 Å². The van der Waals surface area contributed by atoms with E-state index >= 15 is 0 Å². The van der Waals surface area contributed by atoms with Gasteiger partial charge in [-0.2, -0.15) is 0 Å².